The van der Waals surface area contributed by atoms with E-state index in [9.17, 15) is 4.79 Å². The van der Waals surface area contributed by atoms with E-state index in [0.29, 0.717) is 6.04 Å². The van der Waals surface area contributed by atoms with E-state index in [1.165, 1.54) is 30.2 Å². The number of aryl methyl sites for hydroxylation is 2. The number of anilines is 1. The molecule has 1 saturated carbocycles. The van der Waals surface area contributed by atoms with Crippen LogP contribution in [0.5, 0.6) is 0 Å². The second-order valence-corrected chi connectivity index (χ2v) is 7.05. The highest BCUT2D eigenvalue weighted by atomic mass is 32.2. The second-order valence-electron chi connectivity index (χ2n) is 5.75. The number of hydrogen-bond acceptors (Lipinski definition) is 4. The number of carbonyl (C=O) groups excluding carboxylic acids is 1. The van der Waals surface area contributed by atoms with Crippen LogP contribution in [-0.4, -0.2) is 25.9 Å². The molecule has 2 aromatic rings. The fraction of sp³-hybridized carbons (Fsp3) is 0.438. The summed E-state index contributed by atoms with van der Waals surface area (Å²) >= 11 is 1.47. The Labute approximate surface area is 134 Å². The highest BCUT2D eigenvalue weighted by Crippen LogP contribution is 2.39. The molecule has 6 heteroatoms. The predicted molar refractivity (Wildman–Crippen MR) is 88.2 cm³/mol. The van der Waals surface area contributed by atoms with Crippen LogP contribution in [0.15, 0.2) is 29.4 Å². The topological polar surface area (TPSA) is 59.8 Å². The van der Waals surface area contributed by atoms with Gasteiger partial charge in [0, 0.05) is 11.7 Å². The molecule has 0 unspecified atom stereocenters. The Morgan fingerprint density at radius 2 is 1.95 bits per heavy atom. The lowest BCUT2D eigenvalue weighted by Crippen LogP contribution is -2.22. The van der Waals surface area contributed by atoms with Crippen molar-refractivity contribution >= 4 is 23.4 Å². The van der Waals surface area contributed by atoms with Gasteiger partial charge in [-0.1, -0.05) is 29.5 Å². The van der Waals surface area contributed by atoms with E-state index in [0.717, 1.165) is 16.7 Å². The van der Waals surface area contributed by atoms with Gasteiger partial charge in [-0.25, -0.2) is 0 Å². The van der Waals surface area contributed by atoms with Crippen LogP contribution in [0.4, 0.5) is 5.69 Å². The number of aromatic nitrogens is 3. The average molecular weight is 316 g/mol. The molecule has 1 atom stereocenters. The quantitative estimate of drug-likeness (QED) is 0.859. The van der Waals surface area contributed by atoms with Crippen molar-refractivity contribution in [2.75, 3.05) is 5.32 Å². The molecule has 1 aliphatic rings. The molecule has 0 bridgehead atoms. The Morgan fingerprint density at radius 3 is 2.59 bits per heavy atom. The number of nitrogens with one attached hydrogen (secondary N) is 1. The summed E-state index contributed by atoms with van der Waals surface area (Å²) in [5.74, 6) is 0.910. The third-order valence-corrected chi connectivity index (χ3v) is 4.77. The third-order valence-electron chi connectivity index (χ3n) is 3.72. The zero-order chi connectivity index (χ0) is 15.7. The minimum atomic E-state index is -0.220. The van der Waals surface area contributed by atoms with Crippen molar-refractivity contribution < 1.29 is 4.79 Å². The molecule has 1 heterocycles. The van der Waals surface area contributed by atoms with Crippen LogP contribution in [0.1, 0.15) is 37.2 Å². The Hall–Kier alpha value is -1.82. The molecule has 116 valence electrons. The molecular weight excluding hydrogens is 296 g/mol. The Kier molecular flexibility index (Phi) is 4.20. The number of amides is 1. The van der Waals surface area contributed by atoms with Crippen LogP contribution in [-0.2, 0) is 4.79 Å². The van der Waals surface area contributed by atoms with E-state index >= 15 is 0 Å². The van der Waals surface area contributed by atoms with Gasteiger partial charge < -0.3 is 9.88 Å². The zero-order valence-corrected chi connectivity index (χ0v) is 13.9. The number of rotatable bonds is 5. The summed E-state index contributed by atoms with van der Waals surface area (Å²) in [4.78, 5) is 12.3. The molecule has 1 aliphatic carbocycles. The van der Waals surface area contributed by atoms with E-state index in [4.69, 9.17) is 0 Å². The molecule has 1 amide bonds. The lowest BCUT2D eigenvalue weighted by molar-refractivity contribution is -0.115. The summed E-state index contributed by atoms with van der Waals surface area (Å²) in [6.07, 6.45) is 2.35. The largest absolute Gasteiger partial charge is 0.325 e. The van der Waals surface area contributed by atoms with Crippen LogP contribution < -0.4 is 5.32 Å². The normalized spacial score (nSPS) is 15.6. The summed E-state index contributed by atoms with van der Waals surface area (Å²) in [6, 6.07) is 8.33. The van der Waals surface area contributed by atoms with E-state index in [1.54, 1.807) is 0 Å². The summed E-state index contributed by atoms with van der Waals surface area (Å²) < 4.78 is 2.15. The molecule has 0 saturated heterocycles. The van der Waals surface area contributed by atoms with Crippen molar-refractivity contribution in [1.29, 1.82) is 0 Å². The molecule has 5 nitrogen and oxygen atoms in total. The van der Waals surface area contributed by atoms with Gasteiger partial charge in [0.25, 0.3) is 0 Å². The van der Waals surface area contributed by atoms with Gasteiger partial charge in [0.2, 0.25) is 5.91 Å². The number of hydrogen-bond donors (Lipinski definition) is 1. The molecule has 3 rings (SSSR count). The maximum Gasteiger partial charge on any atom is 0.237 e. The van der Waals surface area contributed by atoms with Crippen molar-refractivity contribution in [3.8, 4) is 0 Å². The fourth-order valence-corrected chi connectivity index (χ4v) is 3.24. The van der Waals surface area contributed by atoms with E-state index in [2.05, 4.69) is 20.1 Å². The van der Waals surface area contributed by atoms with Gasteiger partial charge in [-0.3, -0.25) is 4.79 Å². The Balaban J connectivity index is 1.65. The summed E-state index contributed by atoms with van der Waals surface area (Å²) in [6.45, 7) is 5.89. The first kappa shape index (κ1) is 15.1. The monoisotopic (exact) mass is 316 g/mol. The highest BCUT2D eigenvalue weighted by molar-refractivity contribution is 8.00. The Bertz CT molecular complexity index is 676. The first-order valence-electron chi connectivity index (χ1n) is 7.50. The van der Waals surface area contributed by atoms with Crippen LogP contribution in [0, 0.1) is 13.8 Å². The molecule has 22 heavy (non-hydrogen) atoms. The maximum atomic E-state index is 12.3. The lowest BCUT2D eigenvalue weighted by atomic mass is 10.2. The number of benzene rings is 1. The molecule has 0 radical (unpaired) electrons. The first-order valence-corrected chi connectivity index (χ1v) is 8.38. The molecule has 1 aromatic heterocycles. The summed E-state index contributed by atoms with van der Waals surface area (Å²) in [5, 5.41) is 11.9. The van der Waals surface area contributed by atoms with Gasteiger partial charge in [-0.2, -0.15) is 0 Å². The Morgan fingerprint density at radius 1 is 1.27 bits per heavy atom. The van der Waals surface area contributed by atoms with Crippen LogP contribution in [0.25, 0.3) is 0 Å². The number of carbonyl (C=O) groups is 1. The highest BCUT2D eigenvalue weighted by Gasteiger charge is 2.29. The minimum absolute atomic E-state index is 0.0168. The predicted octanol–water partition coefficient (Wildman–Crippen LogP) is 3.35. The maximum absolute atomic E-state index is 12.3. The van der Waals surface area contributed by atoms with Gasteiger partial charge in [0.05, 0.1) is 5.25 Å². The minimum Gasteiger partial charge on any atom is -0.325 e. The van der Waals surface area contributed by atoms with Crippen molar-refractivity contribution in [3.05, 3.63) is 35.7 Å². The first-order chi connectivity index (χ1) is 10.5. The van der Waals surface area contributed by atoms with E-state index in [-0.39, 0.29) is 11.2 Å². The number of thioether (sulfide) groups is 1. The fourth-order valence-electron chi connectivity index (χ4n) is 2.28. The zero-order valence-electron chi connectivity index (χ0n) is 13.0. The molecule has 0 spiro atoms. The van der Waals surface area contributed by atoms with Gasteiger partial charge in [-0.05, 0) is 45.7 Å². The molecule has 1 fully saturated rings. The standard InChI is InChI=1S/C16H20N4OS/c1-10-4-6-13(7-5-10)17-15(21)11(2)22-16-19-18-12(3)20(16)14-8-9-14/h4-7,11,14H,8-9H2,1-3H3,(H,17,21)/t11-/m0/s1. The second kappa shape index (κ2) is 6.12. The summed E-state index contributed by atoms with van der Waals surface area (Å²) in [7, 11) is 0. The average Bonchev–Trinajstić information content (AvgIpc) is 3.26. The van der Waals surface area contributed by atoms with Gasteiger partial charge >= 0.3 is 0 Å². The van der Waals surface area contributed by atoms with Crippen molar-refractivity contribution in [2.45, 2.75) is 50.1 Å². The molecule has 1 aromatic carbocycles. The SMILES string of the molecule is Cc1ccc(NC(=O)[C@H](C)Sc2nnc(C)n2C2CC2)cc1. The molecule has 0 aliphatic heterocycles. The van der Waals surface area contributed by atoms with Gasteiger partial charge in [0.15, 0.2) is 5.16 Å². The molecule has 1 N–H and O–H groups in total. The third kappa shape index (κ3) is 3.32. The van der Waals surface area contributed by atoms with Crippen LogP contribution in [0.3, 0.4) is 0 Å². The van der Waals surface area contributed by atoms with E-state index in [1.807, 2.05) is 45.0 Å². The summed E-state index contributed by atoms with van der Waals surface area (Å²) in [5.41, 5.74) is 2.00. The van der Waals surface area contributed by atoms with Crippen LogP contribution in [0.2, 0.25) is 0 Å². The molecular formula is C16H20N4OS. The van der Waals surface area contributed by atoms with Crippen molar-refractivity contribution in [3.63, 3.8) is 0 Å². The smallest absolute Gasteiger partial charge is 0.237 e. The van der Waals surface area contributed by atoms with Gasteiger partial charge in [0.1, 0.15) is 5.82 Å². The van der Waals surface area contributed by atoms with E-state index < -0.39 is 0 Å². The van der Waals surface area contributed by atoms with Crippen molar-refractivity contribution in [2.24, 2.45) is 0 Å². The lowest BCUT2D eigenvalue weighted by Gasteiger charge is -2.13. The van der Waals surface area contributed by atoms with Crippen LogP contribution >= 0.6 is 11.8 Å². The van der Waals surface area contributed by atoms with Crippen molar-refractivity contribution in [1.82, 2.24) is 14.8 Å². The number of nitrogens with zero attached hydrogens (tertiary/aromatic N) is 3. The van der Waals surface area contributed by atoms with Gasteiger partial charge in [-0.15, -0.1) is 10.2 Å².